The van der Waals surface area contributed by atoms with Gasteiger partial charge in [0.05, 0.1) is 0 Å². The monoisotopic (exact) mass is 246 g/mol. The van der Waals surface area contributed by atoms with E-state index in [-0.39, 0.29) is 10.1 Å². The Bertz CT molecular complexity index is 345. The SMILES string of the molecule is O=[N+]([O-])c1nc(B(O)O)ccc1Br. The smallest absolute Gasteiger partial charge is 0.421 e. The molecule has 0 radical (unpaired) electrons. The summed E-state index contributed by atoms with van der Waals surface area (Å²) >= 11 is 2.91. The minimum absolute atomic E-state index is 0.157. The molecule has 0 aliphatic rings. The van der Waals surface area contributed by atoms with Gasteiger partial charge in [0.2, 0.25) is 0 Å². The molecule has 1 aromatic heterocycles. The van der Waals surface area contributed by atoms with E-state index in [4.69, 9.17) is 10.0 Å². The molecule has 8 heteroatoms. The van der Waals surface area contributed by atoms with Gasteiger partial charge < -0.3 is 20.2 Å². The van der Waals surface area contributed by atoms with Gasteiger partial charge >= 0.3 is 12.9 Å². The van der Waals surface area contributed by atoms with Gasteiger partial charge in [-0.1, -0.05) is 0 Å². The Morgan fingerprint density at radius 1 is 1.54 bits per heavy atom. The third kappa shape index (κ3) is 2.23. The molecule has 0 aliphatic heterocycles. The predicted octanol–water partition coefficient (Wildman–Crippen LogP) is -0.568. The van der Waals surface area contributed by atoms with Crippen LogP contribution in [-0.2, 0) is 0 Å². The lowest BCUT2D eigenvalue weighted by Crippen LogP contribution is -2.32. The van der Waals surface area contributed by atoms with Crippen molar-refractivity contribution in [1.82, 2.24) is 4.98 Å². The number of nitro groups is 1. The first kappa shape index (κ1) is 10.1. The Morgan fingerprint density at radius 2 is 2.15 bits per heavy atom. The van der Waals surface area contributed by atoms with E-state index in [9.17, 15) is 10.1 Å². The molecule has 0 atom stereocenters. The molecule has 6 nitrogen and oxygen atoms in total. The van der Waals surface area contributed by atoms with Crippen LogP contribution in [0.1, 0.15) is 0 Å². The first-order valence-corrected chi connectivity index (χ1v) is 3.98. The molecule has 68 valence electrons. The normalized spacial score (nSPS) is 9.77. The van der Waals surface area contributed by atoms with Crippen molar-refractivity contribution in [3.05, 3.63) is 26.7 Å². The molecule has 0 saturated heterocycles. The van der Waals surface area contributed by atoms with Crippen molar-refractivity contribution >= 4 is 34.5 Å². The summed E-state index contributed by atoms with van der Waals surface area (Å²) in [6.07, 6.45) is 0. The highest BCUT2D eigenvalue weighted by atomic mass is 79.9. The van der Waals surface area contributed by atoms with Crippen LogP contribution in [0.5, 0.6) is 0 Å². The highest BCUT2D eigenvalue weighted by Crippen LogP contribution is 2.19. The second-order valence-corrected chi connectivity index (χ2v) is 3.03. The lowest BCUT2D eigenvalue weighted by atomic mass is 9.86. The highest BCUT2D eigenvalue weighted by Gasteiger charge is 2.23. The Kier molecular flexibility index (Phi) is 2.96. The molecule has 13 heavy (non-hydrogen) atoms. The fraction of sp³-hybridized carbons (Fsp3) is 0. The van der Waals surface area contributed by atoms with Crippen LogP contribution in [0.25, 0.3) is 0 Å². The van der Waals surface area contributed by atoms with E-state index in [1.807, 2.05) is 0 Å². The van der Waals surface area contributed by atoms with Gasteiger partial charge in [-0.25, -0.2) is 0 Å². The van der Waals surface area contributed by atoms with Crippen LogP contribution >= 0.6 is 15.9 Å². The highest BCUT2D eigenvalue weighted by molar-refractivity contribution is 9.10. The first-order chi connectivity index (χ1) is 6.02. The summed E-state index contributed by atoms with van der Waals surface area (Å²) in [6, 6.07) is 2.61. The predicted molar refractivity (Wildman–Crippen MR) is 48.4 cm³/mol. The van der Waals surface area contributed by atoms with Crippen LogP contribution in [0, 0.1) is 10.1 Å². The third-order valence-corrected chi connectivity index (χ3v) is 1.91. The van der Waals surface area contributed by atoms with Crippen LogP contribution in [0.3, 0.4) is 0 Å². The average Bonchev–Trinajstić information content (AvgIpc) is 2.04. The Balaban J connectivity index is 3.19. The van der Waals surface area contributed by atoms with E-state index in [0.717, 1.165) is 0 Å². The maximum atomic E-state index is 10.3. The van der Waals surface area contributed by atoms with E-state index in [2.05, 4.69) is 20.9 Å². The van der Waals surface area contributed by atoms with Gasteiger partial charge in [0.15, 0.2) is 5.59 Å². The van der Waals surface area contributed by atoms with E-state index in [1.165, 1.54) is 12.1 Å². The van der Waals surface area contributed by atoms with E-state index >= 15 is 0 Å². The van der Waals surface area contributed by atoms with Crippen molar-refractivity contribution in [3.8, 4) is 0 Å². The second kappa shape index (κ2) is 3.82. The third-order valence-electron chi connectivity index (χ3n) is 1.29. The fourth-order valence-corrected chi connectivity index (χ4v) is 1.08. The Labute approximate surface area is 81.7 Å². The Morgan fingerprint density at radius 3 is 2.62 bits per heavy atom. The summed E-state index contributed by atoms with van der Waals surface area (Å²) in [6.45, 7) is 0. The molecular formula is C5H4BBrN2O4. The molecule has 0 aliphatic carbocycles. The lowest BCUT2D eigenvalue weighted by Gasteiger charge is -1.96. The summed E-state index contributed by atoms with van der Waals surface area (Å²) in [7, 11) is -1.80. The van der Waals surface area contributed by atoms with Gasteiger partial charge in [-0.3, -0.25) is 0 Å². The molecule has 0 spiro atoms. The van der Waals surface area contributed by atoms with Gasteiger partial charge in [-0.2, -0.15) is 0 Å². The summed E-state index contributed by atoms with van der Waals surface area (Å²) in [5.74, 6) is -0.439. The van der Waals surface area contributed by atoms with Crippen LogP contribution in [0.4, 0.5) is 5.82 Å². The fourth-order valence-electron chi connectivity index (χ4n) is 0.718. The summed E-state index contributed by atoms with van der Waals surface area (Å²) in [5, 5.41) is 27.7. The number of hydrogen-bond donors (Lipinski definition) is 2. The zero-order valence-electron chi connectivity index (χ0n) is 6.22. The quantitative estimate of drug-likeness (QED) is 0.414. The summed E-state index contributed by atoms with van der Waals surface area (Å²) in [4.78, 5) is 13.1. The molecule has 1 rings (SSSR count). The number of hydrogen-bond acceptors (Lipinski definition) is 5. The standard InChI is InChI=1S/C5H4BBrN2O4/c7-3-1-2-4(6(10)11)8-5(3)9(12)13/h1-2,10-11H. The largest absolute Gasteiger partial charge is 0.535 e. The van der Waals surface area contributed by atoms with Crippen molar-refractivity contribution in [2.45, 2.75) is 0 Å². The van der Waals surface area contributed by atoms with Crippen LogP contribution in [0.15, 0.2) is 16.6 Å². The van der Waals surface area contributed by atoms with E-state index < -0.39 is 17.9 Å². The van der Waals surface area contributed by atoms with Crippen LogP contribution < -0.4 is 5.59 Å². The van der Waals surface area contributed by atoms with Crippen LogP contribution in [0.2, 0.25) is 0 Å². The lowest BCUT2D eigenvalue weighted by molar-refractivity contribution is -0.390. The molecule has 1 heterocycles. The number of halogens is 1. The van der Waals surface area contributed by atoms with Crippen molar-refractivity contribution in [1.29, 1.82) is 0 Å². The number of pyridine rings is 1. The van der Waals surface area contributed by atoms with Gasteiger partial charge in [0.25, 0.3) is 0 Å². The van der Waals surface area contributed by atoms with Gasteiger partial charge in [0, 0.05) is 0 Å². The number of nitrogens with zero attached hydrogens (tertiary/aromatic N) is 2. The maximum Gasteiger partial charge on any atom is 0.535 e. The van der Waals surface area contributed by atoms with E-state index in [0.29, 0.717) is 0 Å². The zero-order valence-corrected chi connectivity index (χ0v) is 7.80. The minimum atomic E-state index is -1.80. The molecule has 0 bridgehead atoms. The molecule has 0 aromatic carbocycles. The first-order valence-electron chi connectivity index (χ1n) is 3.19. The molecule has 0 fully saturated rings. The molecule has 0 amide bonds. The van der Waals surface area contributed by atoms with Crippen molar-refractivity contribution in [2.24, 2.45) is 0 Å². The second-order valence-electron chi connectivity index (χ2n) is 2.17. The zero-order chi connectivity index (χ0) is 10.0. The maximum absolute atomic E-state index is 10.3. The molecular weight excluding hydrogens is 243 g/mol. The minimum Gasteiger partial charge on any atom is -0.421 e. The number of aromatic nitrogens is 1. The van der Waals surface area contributed by atoms with Gasteiger partial charge in [0.1, 0.15) is 4.47 Å². The van der Waals surface area contributed by atoms with Crippen molar-refractivity contribution in [2.75, 3.05) is 0 Å². The molecule has 0 saturated carbocycles. The summed E-state index contributed by atoms with van der Waals surface area (Å²) < 4.78 is 0.196. The summed E-state index contributed by atoms with van der Waals surface area (Å²) in [5.41, 5.74) is -0.157. The topological polar surface area (TPSA) is 96.5 Å². The number of rotatable bonds is 2. The molecule has 0 unspecified atom stereocenters. The van der Waals surface area contributed by atoms with Crippen molar-refractivity contribution in [3.63, 3.8) is 0 Å². The molecule has 2 N–H and O–H groups in total. The van der Waals surface area contributed by atoms with Gasteiger partial charge in [-0.15, -0.1) is 0 Å². The van der Waals surface area contributed by atoms with E-state index in [1.54, 1.807) is 0 Å². The van der Waals surface area contributed by atoms with Crippen molar-refractivity contribution < 1.29 is 15.0 Å². The van der Waals surface area contributed by atoms with Crippen LogP contribution in [-0.4, -0.2) is 27.1 Å². The molecule has 1 aromatic rings. The average molecular weight is 247 g/mol. The Hall–Kier alpha value is -0.985. The van der Waals surface area contributed by atoms with Gasteiger partial charge in [-0.05, 0) is 38.0 Å².